The smallest absolute Gasteiger partial charge is 0.408 e. The molecule has 0 radical (unpaired) electrons. The fourth-order valence-corrected chi connectivity index (χ4v) is 3.13. The molecule has 25 heavy (non-hydrogen) atoms. The van der Waals surface area contributed by atoms with Gasteiger partial charge >= 0.3 is 12.1 Å². The van der Waals surface area contributed by atoms with E-state index in [1.807, 2.05) is 44.2 Å². The second-order valence-electron chi connectivity index (χ2n) is 6.21. The SMILES string of the molecule is COC(C)(C)CCSCCC(NC(=O)OCc1ccccc1)C(=O)O. The van der Waals surface area contributed by atoms with Crippen molar-refractivity contribution in [3.8, 4) is 0 Å². The monoisotopic (exact) mass is 369 g/mol. The lowest BCUT2D eigenvalue weighted by atomic mass is 10.1. The summed E-state index contributed by atoms with van der Waals surface area (Å²) in [5, 5.41) is 11.6. The Morgan fingerprint density at radius 2 is 1.92 bits per heavy atom. The Bertz CT molecular complexity index is 536. The van der Waals surface area contributed by atoms with Crippen molar-refractivity contribution in [3.63, 3.8) is 0 Å². The van der Waals surface area contributed by atoms with Crippen LogP contribution in [0.3, 0.4) is 0 Å². The van der Waals surface area contributed by atoms with Gasteiger partial charge in [0.15, 0.2) is 0 Å². The minimum atomic E-state index is -1.06. The quantitative estimate of drug-likeness (QED) is 0.582. The van der Waals surface area contributed by atoms with Crippen LogP contribution in [0.4, 0.5) is 4.79 Å². The van der Waals surface area contributed by atoms with Gasteiger partial charge in [0, 0.05) is 7.11 Å². The molecule has 0 saturated carbocycles. The Labute approximate surface area is 153 Å². The first-order chi connectivity index (χ1) is 11.8. The number of carbonyl (C=O) groups excluding carboxylic acids is 1. The minimum Gasteiger partial charge on any atom is -0.480 e. The van der Waals surface area contributed by atoms with Crippen LogP contribution in [0.1, 0.15) is 32.3 Å². The molecule has 1 rings (SSSR count). The van der Waals surface area contributed by atoms with Crippen molar-refractivity contribution in [2.75, 3.05) is 18.6 Å². The molecule has 7 heteroatoms. The van der Waals surface area contributed by atoms with Crippen molar-refractivity contribution >= 4 is 23.8 Å². The van der Waals surface area contributed by atoms with E-state index in [4.69, 9.17) is 9.47 Å². The lowest BCUT2D eigenvalue weighted by Gasteiger charge is -2.22. The summed E-state index contributed by atoms with van der Waals surface area (Å²) in [7, 11) is 1.68. The van der Waals surface area contributed by atoms with E-state index < -0.39 is 18.1 Å². The summed E-state index contributed by atoms with van der Waals surface area (Å²) in [6.45, 7) is 4.13. The molecular weight excluding hydrogens is 342 g/mol. The lowest BCUT2D eigenvalue weighted by molar-refractivity contribution is -0.139. The van der Waals surface area contributed by atoms with E-state index in [1.54, 1.807) is 18.9 Å². The zero-order chi connectivity index (χ0) is 18.7. The van der Waals surface area contributed by atoms with E-state index in [0.29, 0.717) is 12.2 Å². The summed E-state index contributed by atoms with van der Waals surface area (Å²) in [5.74, 6) is 0.441. The third-order valence-electron chi connectivity index (χ3n) is 3.75. The van der Waals surface area contributed by atoms with Gasteiger partial charge in [-0.25, -0.2) is 9.59 Å². The van der Waals surface area contributed by atoms with Crippen molar-refractivity contribution in [1.29, 1.82) is 0 Å². The average Bonchev–Trinajstić information content (AvgIpc) is 2.59. The van der Waals surface area contributed by atoms with Crippen LogP contribution >= 0.6 is 11.8 Å². The maximum Gasteiger partial charge on any atom is 0.408 e. The number of thioether (sulfide) groups is 1. The molecule has 0 heterocycles. The van der Waals surface area contributed by atoms with E-state index in [1.165, 1.54) is 0 Å². The van der Waals surface area contributed by atoms with Crippen molar-refractivity contribution in [2.45, 2.75) is 44.9 Å². The highest BCUT2D eigenvalue weighted by molar-refractivity contribution is 7.99. The highest BCUT2D eigenvalue weighted by atomic mass is 32.2. The first-order valence-electron chi connectivity index (χ1n) is 8.17. The molecule has 1 atom stereocenters. The Hall–Kier alpha value is -1.73. The van der Waals surface area contributed by atoms with Crippen LogP contribution in [0.15, 0.2) is 30.3 Å². The van der Waals surface area contributed by atoms with Crippen LogP contribution in [0.5, 0.6) is 0 Å². The van der Waals surface area contributed by atoms with E-state index in [-0.39, 0.29) is 12.2 Å². The molecule has 0 aliphatic rings. The zero-order valence-corrected chi connectivity index (χ0v) is 15.8. The molecule has 1 unspecified atom stereocenters. The molecule has 0 aromatic heterocycles. The largest absolute Gasteiger partial charge is 0.480 e. The number of carboxylic acid groups (broad SMARTS) is 1. The Morgan fingerprint density at radius 3 is 2.52 bits per heavy atom. The molecule has 1 aromatic carbocycles. The van der Waals surface area contributed by atoms with E-state index >= 15 is 0 Å². The topological polar surface area (TPSA) is 84.9 Å². The molecule has 2 N–H and O–H groups in total. The highest BCUT2D eigenvalue weighted by Gasteiger charge is 2.21. The first kappa shape index (κ1) is 21.3. The van der Waals surface area contributed by atoms with E-state index in [9.17, 15) is 14.7 Å². The molecule has 0 bridgehead atoms. The molecule has 6 nitrogen and oxygen atoms in total. The zero-order valence-electron chi connectivity index (χ0n) is 15.0. The van der Waals surface area contributed by atoms with Crippen molar-refractivity contribution in [2.24, 2.45) is 0 Å². The number of hydrogen-bond donors (Lipinski definition) is 2. The van der Waals surface area contributed by atoms with Crippen molar-refractivity contribution in [3.05, 3.63) is 35.9 Å². The van der Waals surface area contributed by atoms with Crippen LogP contribution in [-0.4, -0.2) is 47.4 Å². The number of methoxy groups -OCH3 is 1. The van der Waals surface area contributed by atoms with Gasteiger partial charge in [0.05, 0.1) is 5.60 Å². The number of carboxylic acids is 1. The van der Waals surface area contributed by atoms with E-state index in [2.05, 4.69) is 5.32 Å². The molecule has 0 aliphatic heterocycles. The number of carbonyl (C=O) groups is 2. The third-order valence-corrected chi connectivity index (χ3v) is 4.77. The summed E-state index contributed by atoms with van der Waals surface area (Å²) in [4.78, 5) is 23.0. The maximum atomic E-state index is 11.8. The fraction of sp³-hybridized carbons (Fsp3) is 0.556. The second kappa shape index (κ2) is 11.0. The number of aliphatic carboxylic acids is 1. The molecule has 0 saturated heterocycles. The predicted molar refractivity (Wildman–Crippen MR) is 98.8 cm³/mol. The molecule has 1 aromatic rings. The number of alkyl carbamates (subject to hydrolysis) is 1. The maximum absolute atomic E-state index is 11.8. The first-order valence-corrected chi connectivity index (χ1v) is 9.32. The Balaban J connectivity index is 2.29. The van der Waals surface area contributed by atoms with Gasteiger partial charge in [-0.2, -0.15) is 11.8 Å². The van der Waals surface area contributed by atoms with Gasteiger partial charge in [0.2, 0.25) is 0 Å². The second-order valence-corrected chi connectivity index (χ2v) is 7.44. The van der Waals surface area contributed by atoms with Crippen LogP contribution in [0.25, 0.3) is 0 Å². The van der Waals surface area contributed by atoms with Crippen LogP contribution < -0.4 is 5.32 Å². The molecule has 0 aliphatic carbocycles. The minimum absolute atomic E-state index is 0.111. The number of rotatable bonds is 11. The van der Waals surface area contributed by atoms with Gasteiger partial charge < -0.3 is 19.9 Å². The Morgan fingerprint density at radius 1 is 1.24 bits per heavy atom. The summed E-state index contributed by atoms with van der Waals surface area (Å²) < 4.78 is 10.4. The molecular formula is C18H27NO5S. The third kappa shape index (κ3) is 9.36. The molecule has 140 valence electrons. The summed E-state index contributed by atoms with van der Waals surface area (Å²) >= 11 is 1.64. The summed E-state index contributed by atoms with van der Waals surface area (Å²) in [6.07, 6.45) is 0.494. The number of hydrogen-bond acceptors (Lipinski definition) is 5. The predicted octanol–water partition coefficient (Wildman–Crippen LogP) is 3.30. The molecule has 0 spiro atoms. The van der Waals surface area contributed by atoms with Crippen LogP contribution in [0, 0.1) is 0 Å². The van der Waals surface area contributed by atoms with Crippen LogP contribution in [0.2, 0.25) is 0 Å². The van der Waals surface area contributed by atoms with Gasteiger partial charge in [0.25, 0.3) is 0 Å². The van der Waals surface area contributed by atoms with Crippen molar-refractivity contribution < 1.29 is 24.2 Å². The van der Waals surface area contributed by atoms with Gasteiger partial charge in [-0.1, -0.05) is 30.3 Å². The highest BCUT2D eigenvalue weighted by Crippen LogP contribution is 2.17. The number of benzene rings is 1. The van der Waals surface area contributed by atoms with Gasteiger partial charge in [0.1, 0.15) is 12.6 Å². The fourth-order valence-electron chi connectivity index (χ4n) is 1.89. The summed E-state index contributed by atoms with van der Waals surface area (Å²) in [6, 6.07) is 8.28. The van der Waals surface area contributed by atoms with Crippen molar-refractivity contribution in [1.82, 2.24) is 5.32 Å². The van der Waals surface area contributed by atoms with Gasteiger partial charge in [-0.15, -0.1) is 0 Å². The normalized spacial score (nSPS) is 12.4. The van der Waals surface area contributed by atoms with Gasteiger partial charge in [-0.3, -0.25) is 0 Å². The number of amides is 1. The molecule has 1 amide bonds. The average molecular weight is 369 g/mol. The van der Waals surface area contributed by atoms with Gasteiger partial charge in [-0.05, 0) is 43.8 Å². The standard InChI is InChI=1S/C18H27NO5S/c1-18(2,23-3)10-12-25-11-9-15(16(20)21)19-17(22)24-13-14-7-5-4-6-8-14/h4-8,15H,9-13H2,1-3H3,(H,19,22)(H,20,21). The Kier molecular flexibility index (Phi) is 9.37. The van der Waals surface area contributed by atoms with Crippen LogP contribution in [-0.2, 0) is 20.9 Å². The number of ether oxygens (including phenoxy) is 2. The summed E-state index contributed by atoms with van der Waals surface area (Å²) in [5.41, 5.74) is 0.666. The number of nitrogens with one attached hydrogen (secondary N) is 1. The molecule has 0 fully saturated rings. The van der Waals surface area contributed by atoms with E-state index in [0.717, 1.165) is 17.7 Å². The lowest BCUT2D eigenvalue weighted by Crippen LogP contribution is -2.41.